The van der Waals surface area contributed by atoms with Crippen LogP contribution >= 0.6 is 0 Å². The number of benzene rings is 1. The van der Waals surface area contributed by atoms with Crippen LogP contribution in [0.1, 0.15) is 24.8 Å². The molecule has 7 heteroatoms. The topological polar surface area (TPSA) is 61.8 Å². The number of aromatic nitrogens is 1. The van der Waals surface area contributed by atoms with Crippen molar-refractivity contribution < 1.29 is 9.13 Å². The number of anilines is 1. The molecule has 2 aromatic rings. The molecule has 1 aromatic heterocycles. The lowest BCUT2D eigenvalue weighted by atomic mass is 9.95. The number of halogens is 1. The fourth-order valence-corrected chi connectivity index (χ4v) is 4.10. The van der Waals surface area contributed by atoms with Crippen molar-refractivity contribution in [2.45, 2.75) is 30.7 Å². The maximum Gasteiger partial charge on any atom is 0.191 e. The Morgan fingerprint density at radius 2 is 2.14 bits per heavy atom. The Labute approximate surface area is 171 Å². The maximum atomic E-state index is 14.0. The van der Waals surface area contributed by atoms with Gasteiger partial charge in [0.05, 0.1) is 7.11 Å². The van der Waals surface area contributed by atoms with E-state index in [2.05, 4.69) is 32.7 Å². The summed E-state index contributed by atoms with van der Waals surface area (Å²) in [7, 11) is 3.50. The summed E-state index contributed by atoms with van der Waals surface area (Å²) >= 11 is 0. The molecular weight excluding hydrogens is 369 g/mol. The van der Waals surface area contributed by atoms with Gasteiger partial charge in [-0.3, -0.25) is 4.99 Å². The number of ether oxygens (including phenoxy) is 1. The van der Waals surface area contributed by atoms with Crippen LogP contribution in [0.15, 0.2) is 47.6 Å². The van der Waals surface area contributed by atoms with Gasteiger partial charge in [-0.2, -0.15) is 0 Å². The van der Waals surface area contributed by atoms with E-state index in [4.69, 9.17) is 4.74 Å². The number of para-hydroxylation sites is 1. The summed E-state index contributed by atoms with van der Waals surface area (Å²) in [5, 5.41) is 6.97. The molecule has 2 fully saturated rings. The molecule has 0 spiro atoms. The molecule has 154 valence electrons. The van der Waals surface area contributed by atoms with E-state index in [1.54, 1.807) is 26.4 Å². The number of nitrogens with one attached hydrogen (secondary N) is 2. The van der Waals surface area contributed by atoms with E-state index in [0.717, 1.165) is 44.1 Å². The largest absolute Gasteiger partial charge is 0.496 e. The van der Waals surface area contributed by atoms with Crippen molar-refractivity contribution in [2.24, 2.45) is 4.99 Å². The van der Waals surface area contributed by atoms with Gasteiger partial charge in [-0.15, -0.1) is 0 Å². The lowest BCUT2D eigenvalue weighted by Crippen LogP contribution is -2.46. The zero-order valence-electron chi connectivity index (χ0n) is 17.0. The Bertz CT molecular complexity index is 883. The molecule has 0 radical (unpaired) electrons. The monoisotopic (exact) mass is 397 g/mol. The first-order chi connectivity index (χ1) is 14.1. The number of rotatable bonds is 6. The summed E-state index contributed by atoms with van der Waals surface area (Å²) in [5.41, 5.74) is 1.35. The van der Waals surface area contributed by atoms with E-state index >= 15 is 0 Å². The fraction of sp³-hybridized carbons (Fsp3) is 0.455. The van der Waals surface area contributed by atoms with Crippen LogP contribution < -0.4 is 20.3 Å². The van der Waals surface area contributed by atoms with Gasteiger partial charge in [-0.25, -0.2) is 9.37 Å². The molecule has 1 atom stereocenters. The van der Waals surface area contributed by atoms with Crippen molar-refractivity contribution >= 4 is 11.8 Å². The first-order valence-electron chi connectivity index (χ1n) is 10.1. The average Bonchev–Trinajstić information content (AvgIpc) is 3.41. The van der Waals surface area contributed by atoms with Gasteiger partial charge >= 0.3 is 0 Å². The minimum atomic E-state index is -0.275. The number of hydrogen-bond donors (Lipinski definition) is 2. The van der Waals surface area contributed by atoms with E-state index in [9.17, 15) is 4.39 Å². The Morgan fingerprint density at radius 1 is 1.31 bits per heavy atom. The first kappa shape index (κ1) is 19.5. The van der Waals surface area contributed by atoms with Gasteiger partial charge in [0.2, 0.25) is 0 Å². The Morgan fingerprint density at radius 3 is 2.86 bits per heavy atom. The molecule has 2 heterocycles. The Kier molecular flexibility index (Phi) is 5.56. The molecule has 1 aliphatic heterocycles. The number of methoxy groups -OCH3 is 1. The summed E-state index contributed by atoms with van der Waals surface area (Å²) in [6.07, 6.45) is 4.81. The summed E-state index contributed by atoms with van der Waals surface area (Å²) in [4.78, 5) is 10.6. The smallest absolute Gasteiger partial charge is 0.191 e. The van der Waals surface area contributed by atoms with E-state index in [0.29, 0.717) is 12.4 Å². The number of pyridine rings is 1. The summed E-state index contributed by atoms with van der Waals surface area (Å²) in [6, 6.07) is 11.5. The highest BCUT2D eigenvalue weighted by atomic mass is 19.1. The third-order valence-corrected chi connectivity index (χ3v) is 5.92. The maximum absolute atomic E-state index is 14.0. The van der Waals surface area contributed by atoms with Crippen LogP contribution in [-0.4, -0.2) is 50.8 Å². The normalized spacial score (nSPS) is 20.4. The molecule has 4 rings (SSSR count). The van der Waals surface area contributed by atoms with Gasteiger partial charge in [0, 0.05) is 49.9 Å². The second-order valence-electron chi connectivity index (χ2n) is 7.79. The van der Waals surface area contributed by atoms with E-state index in [1.165, 1.54) is 11.6 Å². The second-order valence-corrected chi connectivity index (χ2v) is 7.79. The molecule has 1 saturated carbocycles. The van der Waals surface area contributed by atoms with Crippen molar-refractivity contribution in [3.8, 4) is 5.75 Å². The third-order valence-electron chi connectivity index (χ3n) is 5.92. The molecule has 2 aliphatic rings. The summed E-state index contributed by atoms with van der Waals surface area (Å²) < 4.78 is 19.6. The standard InChI is InChI=1S/C22H28FN5O/c1-24-21(26-15-22(10-11-22)17-6-3-4-8-19(17)29-2)27-16-9-13-28(14-16)20-18(23)7-5-12-25-20/h3-8,12,16H,9-11,13-15H2,1-2H3,(H2,24,26,27). The predicted molar refractivity (Wildman–Crippen MR) is 113 cm³/mol. The van der Waals surface area contributed by atoms with Crippen LogP contribution in [0.2, 0.25) is 0 Å². The lowest BCUT2D eigenvalue weighted by molar-refractivity contribution is 0.403. The number of nitrogens with zero attached hydrogens (tertiary/aromatic N) is 3. The highest BCUT2D eigenvalue weighted by Gasteiger charge is 2.46. The first-order valence-corrected chi connectivity index (χ1v) is 10.1. The van der Waals surface area contributed by atoms with Gasteiger partial charge in [0.25, 0.3) is 0 Å². The zero-order valence-corrected chi connectivity index (χ0v) is 17.0. The van der Waals surface area contributed by atoms with Crippen molar-refractivity contribution in [1.82, 2.24) is 15.6 Å². The van der Waals surface area contributed by atoms with Crippen LogP contribution in [-0.2, 0) is 5.41 Å². The number of guanidine groups is 1. The highest BCUT2D eigenvalue weighted by Crippen LogP contribution is 2.50. The minimum absolute atomic E-state index is 0.100. The molecule has 6 nitrogen and oxygen atoms in total. The van der Waals surface area contributed by atoms with Crippen molar-refractivity contribution in [2.75, 3.05) is 38.7 Å². The fourth-order valence-electron chi connectivity index (χ4n) is 4.10. The van der Waals surface area contributed by atoms with Crippen LogP contribution in [0.25, 0.3) is 0 Å². The number of aliphatic imine (C=N–C) groups is 1. The van der Waals surface area contributed by atoms with Crippen LogP contribution in [0.4, 0.5) is 10.2 Å². The molecule has 1 aliphatic carbocycles. The third kappa shape index (κ3) is 4.13. The quantitative estimate of drug-likeness (QED) is 0.580. The predicted octanol–water partition coefficient (Wildman–Crippen LogP) is 2.70. The molecule has 0 amide bonds. The molecule has 2 N–H and O–H groups in total. The molecule has 1 unspecified atom stereocenters. The van der Waals surface area contributed by atoms with Gasteiger partial charge in [-0.05, 0) is 37.5 Å². The van der Waals surface area contributed by atoms with Gasteiger partial charge in [0.15, 0.2) is 17.6 Å². The summed E-state index contributed by atoms with van der Waals surface area (Å²) in [5.74, 6) is 1.87. The highest BCUT2D eigenvalue weighted by molar-refractivity contribution is 5.80. The Balaban J connectivity index is 1.35. The van der Waals surface area contributed by atoms with E-state index in [1.807, 2.05) is 17.0 Å². The average molecular weight is 397 g/mol. The van der Waals surface area contributed by atoms with Gasteiger partial charge in [0.1, 0.15) is 5.75 Å². The number of hydrogen-bond acceptors (Lipinski definition) is 4. The summed E-state index contributed by atoms with van der Waals surface area (Å²) in [6.45, 7) is 2.28. The van der Waals surface area contributed by atoms with E-state index < -0.39 is 0 Å². The van der Waals surface area contributed by atoms with Crippen molar-refractivity contribution in [1.29, 1.82) is 0 Å². The molecule has 29 heavy (non-hydrogen) atoms. The molecule has 0 bridgehead atoms. The van der Waals surface area contributed by atoms with Gasteiger partial charge < -0.3 is 20.3 Å². The van der Waals surface area contributed by atoms with Crippen LogP contribution in [0.5, 0.6) is 5.75 Å². The van der Waals surface area contributed by atoms with E-state index in [-0.39, 0.29) is 17.3 Å². The minimum Gasteiger partial charge on any atom is -0.496 e. The zero-order chi connectivity index (χ0) is 20.3. The lowest BCUT2D eigenvalue weighted by Gasteiger charge is -2.23. The van der Waals surface area contributed by atoms with Gasteiger partial charge in [-0.1, -0.05) is 18.2 Å². The Hall–Kier alpha value is -2.83. The van der Waals surface area contributed by atoms with Crippen molar-refractivity contribution in [3.05, 3.63) is 54.0 Å². The molecular formula is C22H28FN5O. The molecule has 1 aromatic carbocycles. The van der Waals surface area contributed by atoms with Crippen LogP contribution in [0.3, 0.4) is 0 Å². The second kappa shape index (κ2) is 8.27. The van der Waals surface area contributed by atoms with Crippen LogP contribution in [0, 0.1) is 5.82 Å². The van der Waals surface area contributed by atoms with Crippen molar-refractivity contribution in [3.63, 3.8) is 0 Å². The molecule has 1 saturated heterocycles. The SMILES string of the molecule is CN=C(NCC1(c2ccccc2OC)CC1)NC1CCN(c2ncccc2F)C1.